The van der Waals surface area contributed by atoms with E-state index in [4.69, 9.17) is 0 Å². The van der Waals surface area contributed by atoms with Gasteiger partial charge in [-0.25, -0.2) is 4.90 Å². The first-order valence-electron chi connectivity index (χ1n) is 7.82. The zero-order valence-corrected chi connectivity index (χ0v) is 13.1. The van der Waals surface area contributed by atoms with Crippen LogP contribution in [0.15, 0.2) is 48.8 Å². The maximum Gasteiger partial charge on any atom is 0.265 e. The summed E-state index contributed by atoms with van der Waals surface area (Å²) in [6.07, 6.45) is 2.99. The molecule has 3 aromatic rings. The Morgan fingerprint density at radius 3 is 1.65 bits per heavy atom. The molecule has 1 N–H and O–H groups in total. The van der Waals surface area contributed by atoms with E-state index in [2.05, 4.69) is 10.3 Å². The fraction of sp³-hybridized carbons (Fsp3) is 0. The predicted molar refractivity (Wildman–Crippen MR) is 91.1 cm³/mol. The number of benzene rings is 2. The minimum absolute atomic E-state index is 0.276. The van der Waals surface area contributed by atoms with E-state index in [0.717, 1.165) is 4.90 Å². The Labute approximate surface area is 146 Å². The number of nitrogens with zero attached hydrogens (tertiary/aromatic N) is 2. The average Bonchev–Trinajstić information content (AvgIpc) is 2.65. The molecule has 0 unspecified atom stereocenters. The predicted octanol–water partition coefficient (Wildman–Crippen LogP) is 1.92. The van der Waals surface area contributed by atoms with Gasteiger partial charge in [-0.1, -0.05) is 0 Å². The molecular weight excluding hydrogens is 334 g/mol. The van der Waals surface area contributed by atoms with Crippen molar-refractivity contribution in [3.05, 3.63) is 71.0 Å². The number of nitrogens with one attached hydrogen (secondary N) is 1. The van der Waals surface area contributed by atoms with E-state index in [1.165, 1.54) is 36.7 Å². The van der Waals surface area contributed by atoms with E-state index < -0.39 is 23.6 Å². The first kappa shape index (κ1) is 14.5. The van der Waals surface area contributed by atoms with Gasteiger partial charge in [0.1, 0.15) is 0 Å². The number of amides is 4. The minimum Gasteiger partial charge on any atom is -0.288 e. The molecule has 0 saturated heterocycles. The minimum atomic E-state index is -0.539. The summed E-state index contributed by atoms with van der Waals surface area (Å²) < 4.78 is 0. The van der Waals surface area contributed by atoms with Gasteiger partial charge in [-0.2, -0.15) is 0 Å². The number of carbonyl (C=O) groups excluding carboxylic acids is 4. The third-order valence-corrected chi connectivity index (χ3v) is 4.66. The summed E-state index contributed by atoms with van der Waals surface area (Å²) in [7, 11) is 0. The molecule has 3 heterocycles. The highest BCUT2D eigenvalue weighted by molar-refractivity contribution is 6.39. The summed E-state index contributed by atoms with van der Waals surface area (Å²) in [6.45, 7) is 0. The number of carbonyl (C=O) groups is 4. The van der Waals surface area contributed by atoms with E-state index in [-0.39, 0.29) is 22.3 Å². The van der Waals surface area contributed by atoms with Crippen molar-refractivity contribution in [2.45, 2.75) is 0 Å². The SMILES string of the molecule is O=C1NC(=O)c2ccc3c4c(ccc1c24)C(=O)N(c1ccncc1)C3=O. The standard InChI is InChI=1S/C19H9N3O4/c23-16-10-1-3-12-15-13(4-2-11(14(10)15)17(24)21-16)19(26)22(18(12)25)9-5-7-20-8-6-9/h1-8H,(H,21,23,24). The Balaban J connectivity index is 1.86. The third kappa shape index (κ3) is 1.68. The van der Waals surface area contributed by atoms with E-state index >= 15 is 0 Å². The molecule has 2 aliphatic heterocycles. The first-order valence-corrected chi connectivity index (χ1v) is 7.82. The summed E-state index contributed by atoms with van der Waals surface area (Å²) >= 11 is 0. The lowest BCUT2D eigenvalue weighted by Gasteiger charge is -2.29. The molecule has 0 saturated carbocycles. The number of aromatic nitrogens is 1. The van der Waals surface area contributed by atoms with Gasteiger partial charge < -0.3 is 0 Å². The summed E-state index contributed by atoms with van der Waals surface area (Å²) in [4.78, 5) is 55.3. The van der Waals surface area contributed by atoms with Crippen LogP contribution in [0.1, 0.15) is 41.4 Å². The van der Waals surface area contributed by atoms with Gasteiger partial charge in [-0.3, -0.25) is 29.5 Å². The number of imide groups is 2. The van der Waals surface area contributed by atoms with Crippen LogP contribution in [0, 0.1) is 0 Å². The summed E-state index contributed by atoms with van der Waals surface area (Å²) in [5.74, 6) is -2.09. The second kappa shape index (κ2) is 4.82. The van der Waals surface area contributed by atoms with E-state index in [0.29, 0.717) is 16.5 Å². The van der Waals surface area contributed by atoms with Crippen LogP contribution >= 0.6 is 0 Å². The van der Waals surface area contributed by atoms with Crippen LogP contribution in [0.4, 0.5) is 5.69 Å². The van der Waals surface area contributed by atoms with Crippen LogP contribution in [0.25, 0.3) is 10.8 Å². The Hall–Kier alpha value is -3.87. The van der Waals surface area contributed by atoms with Crippen LogP contribution in [0.3, 0.4) is 0 Å². The van der Waals surface area contributed by atoms with Crippen LogP contribution in [0.2, 0.25) is 0 Å². The van der Waals surface area contributed by atoms with Gasteiger partial charge >= 0.3 is 0 Å². The Morgan fingerprint density at radius 1 is 0.654 bits per heavy atom. The normalized spacial score (nSPS) is 15.5. The van der Waals surface area contributed by atoms with Crippen LogP contribution in [-0.4, -0.2) is 28.6 Å². The van der Waals surface area contributed by atoms with Gasteiger partial charge in [0.15, 0.2) is 0 Å². The fourth-order valence-corrected chi connectivity index (χ4v) is 3.53. The van der Waals surface area contributed by atoms with E-state index in [1.807, 2.05) is 0 Å². The van der Waals surface area contributed by atoms with E-state index in [9.17, 15) is 19.2 Å². The van der Waals surface area contributed by atoms with E-state index in [1.54, 1.807) is 12.1 Å². The zero-order valence-electron chi connectivity index (χ0n) is 13.1. The summed E-state index contributed by atoms with van der Waals surface area (Å²) in [5, 5.41) is 2.96. The topological polar surface area (TPSA) is 96.4 Å². The van der Waals surface area contributed by atoms with Crippen molar-refractivity contribution in [1.29, 1.82) is 0 Å². The Morgan fingerprint density at radius 2 is 1.12 bits per heavy atom. The van der Waals surface area contributed by atoms with Crippen molar-refractivity contribution in [3.8, 4) is 0 Å². The van der Waals surface area contributed by atoms with Gasteiger partial charge in [0.25, 0.3) is 23.6 Å². The number of rotatable bonds is 1. The lowest BCUT2D eigenvalue weighted by molar-refractivity contribution is 0.0837. The van der Waals surface area contributed by atoms with Gasteiger partial charge in [-0.05, 0) is 36.4 Å². The zero-order chi connectivity index (χ0) is 18.0. The Kier molecular flexibility index (Phi) is 2.68. The number of hydrogen-bond acceptors (Lipinski definition) is 5. The van der Waals surface area contributed by atoms with Crippen molar-refractivity contribution in [2.75, 3.05) is 4.90 Å². The maximum atomic E-state index is 13.0. The smallest absolute Gasteiger partial charge is 0.265 e. The molecule has 0 bridgehead atoms. The fourth-order valence-electron chi connectivity index (χ4n) is 3.53. The summed E-state index contributed by atoms with van der Waals surface area (Å²) in [5.41, 5.74) is 1.51. The highest BCUT2D eigenvalue weighted by Crippen LogP contribution is 2.37. The molecule has 7 heteroatoms. The van der Waals surface area contributed by atoms with Crippen molar-refractivity contribution < 1.29 is 19.2 Å². The largest absolute Gasteiger partial charge is 0.288 e. The van der Waals surface area contributed by atoms with Gasteiger partial charge in [0.2, 0.25) is 0 Å². The number of pyridine rings is 1. The van der Waals surface area contributed by atoms with Gasteiger partial charge in [0, 0.05) is 45.4 Å². The molecule has 0 radical (unpaired) electrons. The molecule has 124 valence electrons. The highest BCUT2D eigenvalue weighted by Gasteiger charge is 2.37. The first-order chi connectivity index (χ1) is 12.6. The molecule has 0 fully saturated rings. The maximum absolute atomic E-state index is 13.0. The molecule has 2 aliphatic rings. The average molecular weight is 343 g/mol. The molecule has 7 nitrogen and oxygen atoms in total. The second-order valence-electron chi connectivity index (χ2n) is 6.01. The number of anilines is 1. The monoisotopic (exact) mass is 343 g/mol. The lowest BCUT2D eigenvalue weighted by atomic mass is 9.86. The second-order valence-corrected chi connectivity index (χ2v) is 6.01. The van der Waals surface area contributed by atoms with Crippen molar-refractivity contribution in [1.82, 2.24) is 10.3 Å². The molecule has 0 aliphatic carbocycles. The molecular formula is C19H9N3O4. The molecule has 1 aromatic heterocycles. The number of hydrogen-bond donors (Lipinski definition) is 1. The summed E-state index contributed by atoms with van der Waals surface area (Å²) in [6, 6.07) is 9.19. The highest BCUT2D eigenvalue weighted by atomic mass is 16.2. The van der Waals surface area contributed by atoms with Crippen molar-refractivity contribution in [2.24, 2.45) is 0 Å². The third-order valence-electron chi connectivity index (χ3n) is 4.66. The van der Waals surface area contributed by atoms with Gasteiger partial charge in [-0.15, -0.1) is 0 Å². The lowest BCUT2D eigenvalue weighted by Crippen LogP contribution is -2.42. The van der Waals surface area contributed by atoms with Crippen molar-refractivity contribution in [3.63, 3.8) is 0 Å². The molecule has 0 atom stereocenters. The molecule has 4 amide bonds. The van der Waals surface area contributed by atoms with Gasteiger partial charge in [0.05, 0.1) is 5.69 Å². The molecule has 0 spiro atoms. The molecule has 5 rings (SSSR count). The van der Waals surface area contributed by atoms with Crippen LogP contribution in [0.5, 0.6) is 0 Å². The van der Waals surface area contributed by atoms with Crippen molar-refractivity contribution >= 4 is 40.1 Å². The van der Waals surface area contributed by atoms with Crippen LogP contribution in [-0.2, 0) is 0 Å². The Bertz CT molecular complexity index is 1120. The molecule has 2 aromatic carbocycles. The van der Waals surface area contributed by atoms with Crippen LogP contribution < -0.4 is 10.2 Å². The quantitative estimate of drug-likeness (QED) is 0.681. The molecule has 26 heavy (non-hydrogen) atoms.